The van der Waals surface area contributed by atoms with Crippen LogP contribution in [0.2, 0.25) is 0 Å². The number of nitrogens with zero attached hydrogens (tertiary/aromatic N) is 3. The molecule has 3 aliphatic rings. The minimum Gasteiger partial charge on any atom is -0.380 e. The van der Waals surface area contributed by atoms with Crippen LogP contribution in [0.4, 0.5) is 5.69 Å². The smallest absolute Gasteiger partial charge is 0.254 e. The minimum atomic E-state index is -1.13. The number of anilines is 1. The Labute approximate surface area is 175 Å². The third-order valence-electron chi connectivity index (χ3n) is 6.27. The molecular weight excluding hydrogens is 380 g/mol. The number of aliphatic hydroxyl groups is 1. The summed E-state index contributed by atoms with van der Waals surface area (Å²) in [5, 5.41) is 12.1. The highest BCUT2D eigenvalue weighted by molar-refractivity contribution is 5.95. The van der Waals surface area contributed by atoms with Crippen molar-refractivity contribution in [1.82, 2.24) is 14.8 Å². The van der Waals surface area contributed by atoms with E-state index in [0.29, 0.717) is 44.6 Å². The quantitative estimate of drug-likeness (QED) is 0.815. The minimum absolute atomic E-state index is 0.0176. The van der Waals surface area contributed by atoms with Crippen LogP contribution < -0.4 is 5.43 Å². The lowest BCUT2D eigenvalue weighted by molar-refractivity contribution is -0.143. The summed E-state index contributed by atoms with van der Waals surface area (Å²) in [6, 6.07) is 14.1. The summed E-state index contributed by atoms with van der Waals surface area (Å²) in [6.07, 6.45) is 1.10. The fourth-order valence-electron chi connectivity index (χ4n) is 4.23. The largest absolute Gasteiger partial charge is 0.380 e. The summed E-state index contributed by atoms with van der Waals surface area (Å²) in [7, 11) is 2.02. The topological polar surface area (TPSA) is 76.1 Å². The summed E-state index contributed by atoms with van der Waals surface area (Å²) >= 11 is 0. The van der Waals surface area contributed by atoms with E-state index in [0.717, 1.165) is 23.4 Å². The number of benzene rings is 2. The third-order valence-corrected chi connectivity index (χ3v) is 6.27. The molecule has 156 valence electrons. The molecule has 0 radical (unpaired) electrons. The summed E-state index contributed by atoms with van der Waals surface area (Å²) in [4.78, 5) is 28.6. The van der Waals surface area contributed by atoms with Crippen LogP contribution in [-0.2, 0) is 11.3 Å². The Bertz CT molecular complexity index is 992. The van der Waals surface area contributed by atoms with E-state index in [9.17, 15) is 14.7 Å². The van der Waals surface area contributed by atoms with Crippen molar-refractivity contribution in [3.63, 3.8) is 0 Å². The highest BCUT2D eigenvalue weighted by Gasteiger charge is 2.50. The number of nitrogens with one attached hydrogen (secondary N) is 1. The maximum atomic E-state index is 12.9. The van der Waals surface area contributed by atoms with Crippen molar-refractivity contribution in [3.8, 4) is 11.1 Å². The lowest BCUT2D eigenvalue weighted by Crippen LogP contribution is -2.53. The Morgan fingerprint density at radius 3 is 2.23 bits per heavy atom. The first-order valence-corrected chi connectivity index (χ1v) is 10.5. The Morgan fingerprint density at radius 2 is 1.57 bits per heavy atom. The highest BCUT2D eigenvalue weighted by Crippen LogP contribution is 2.37. The second-order valence-corrected chi connectivity index (χ2v) is 8.53. The second kappa shape index (κ2) is 7.11. The van der Waals surface area contributed by atoms with E-state index in [1.54, 1.807) is 9.80 Å². The van der Waals surface area contributed by atoms with Crippen molar-refractivity contribution < 1.29 is 14.7 Å². The van der Waals surface area contributed by atoms with E-state index in [1.165, 1.54) is 5.56 Å². The van der Waals surface area contributed by atoms with Crippen LogP contribution in [0.25, 0.3) is 11.1 Å². The summed E-state index contributed by atoms with van der Waals surface area (Å²) in [6.45, 7) is 2.82. The lowest BCUT2D eigenvalue weighted by atomic mass is 10.0. The normalized spacial score (nSPS) is 19.9. The average molecular weight is 406 g/mol. The zero-order valence-electron chi connectivity index (χ0n) is 17.1. The molecule has 0 spiro atoms. The van der Waals surface area contributed by atoms with Crippen molar-refractivity contribution in [2.75, 3.05) is 38.7 Å². The van der Waals surface area contributed by atoms with Gasteiger partial charge in [0.2, 0.25) is 0 Å². The average Bonchev–Trinajstić information content (AvgIpc) is 3.41. The third kappa shape index (κ3) is 3.44. The van der Waals surface area contributed by atoms with Crippen LogP contribution in [0.3, 0.4) is 0 Å². The van der Waals surface area contributed by atoms with Crippen molar-refractivity contribution in [2.24, 2.45) is 0 Å². The van der Waals surface area contributed by atoms with Crippen LogP contribution in [0.5, 0.6) is 0 Å². The van der Waals surface area contributed by atoms with E-state index in [1.807, 2.05) is 31.3 Å². The Kier molecular flexibility index (Phi) is 4.52. The summed E-state index contributed by atoms with van der Waals surface area (Å²) in [5.41, 5.74) is 7.43. The van der Waals surface area contributed by atoms with Gasteiger partial charge in [-0.1, -0.05) is 24.3 Å². The molecule has 7 nitrogen and oxygen atoms in total. The molecule has 0 unspecified atom stereocenters. The number of hydrogen-bond acceptors (Lipinski definition) is 5. The fourth-order valence-corrected chi connectivity index (χ4v) is 4.23. The molecule has 2 amide bonds. The van der Waals surface area contributed by atoms with Gasteiger partial charge < -0.3 is 20.3 Å². The maximum Gasteiger partial charge on any atom is 0.254 e. The molecule has 7 heteroatoms. The molecule has 2 aromatic carbocycles. The molecule has 0 bridgehead atoms. The van der Waals surface area contributed by atoms with Gasteiger partial charge >= 0.3 is 0 Å². The Morgan fingerprint density at radius 1 is 0.933 bits per heavy atom. The van der Waals surface area contributed by atoms with E-state index in [4.69, 9.17) is 0 Å². The van der Waals surface area contributed by atoms with E-state index in [-0.39, 0.29) is 11.8 Å². The van der Waals surface area contributed by atoms with Gasteiger partial charge in [-0.25, -0.2) is 5.01 Å². The fraction of sp³-hybridized carbons (Fsp3) is 0.391. The molecule has 1 aliphatic carbocycles. The Balaban J connectivity index is 1.23. The first-order valence-electron chi connectivity index (χ1n) is 10.5. The van der Waals surface area contributed by atoms with Crippen molar-refractivity contribution in [3.05, 3.63) is 53.6 Å². The van der Waals surface area contributed by atoms with Gasteiger partial charge in [0, 0.05) is 45.3 Å². The van der Waals surface area contributed by atoms with Crippen LogP contribution >= 0.6 is 0 Å². The van der Waals surface area contributed by atoms with Crippen molar-refractivity contribution in [1.29, 1.82) is 0 Å². The Hall–Kier alpha value is -2.90. The monoisotopic (exact) mass is 406 g/mol. The van der Waals surface area contributed by atoms with Crippen LogP contribution in [0.1, 0.15) is 28.8 Å². The second-order valence-electron chi connectivity index (χ2n) is 8.53. The first kappa shape index (κ1) is 19.1. The molecule has 0 aromatic heterocycles. The molecule has 2 heterocycles. The highest BCUT2D eigenvalue weighted by atomic mass is 16.3. The number of rotatable bonds is 3. The summed E-state index contributed by atoms with van der Waals surface area (Å²) in [5.74, 6) is -0.204. The van der Waals surface area contributed by atoms with Gasteiger partial charge in [-0.3, -0.25) is 9.59 Å². The number of fused-ring (bicyclic) bond motifs is 1. The first-order chi connectivity index (χ1) is 14.4. The standard InChI is InChI=1S/C23H26N4O3/c1-25-15-19-7-6-18(14-20(19)24-25)16-2-4-17(5-3-16)21(28)26-10-12-27(13-11-26)22(29)23(30)8-9-23/h2-7,14,24,30H,8-13,15H2,1H3. The van der Waals surface area contributed by atoms with Gasteiger partial charge in [-0.2, -0.15) is 0 Å². The summed E-state index contributed by atoms with van der Waals surface area (Å²) < 4.78 is 0. The predicted molar refractivity (Wildman–Crippen MR) is 114 cm³/mol. The molecule has 2 N–H and O–H groups in total. The zero-order valence-corrected chi connectivity index (χ0v) is 17.1. The van der Waals surface area contributed by atoms with E-state index < -0.39 is 5.60 Å². The molecule has 1 saturated heterocycles. The van der Waals surface area contributed by atoms with Gasteiger partial charge in [0.25, 0.3) is 11.8 Å². The molecule has 1 saturated carbocycles. The molecule has 5 rings (SSSR count). The molecule has 2 aliphatic heterocycles. The number of carbonyl (C=O) groups is 2. The van der Waals surface area contributed by atoms with E-state index >= 15 is 0 Å². The van der Waals surface area contributed by atoms with Gasteiger partial charge in [0.05, 0.1) is 5.69 Å². The zero-order chi connectivity index (χ0) is 20.9. The number of hydrogen-bond donors (Lipinski definition) is 2. The lowest BCUT2D eigenvalue weighted by Gasteiger charge is -2.35. The molecule has 2 aromatic rings. The number of hydrazine groups is 1. The molecular formula is C23H26N4O3. The van der Waals surface area contributed by atoms with Crippen molar-refractivity contribution >= 4 is 17.5 Å². The van der Waals surface area contributed by atoms with Gasteiger partial charge in [-0.05, 0) is 47.7 Å². The number of carbonyl (C=O) groups excluding carboxylic acids is 2. The maximum absolute atomic E-state index is 12.9. The number of amides is 2. The van der Waals surface area contributed by atoms with Crippen LogP contribution in [-0.4, -0.2) is 70.6 Å². The molecule has 2 fully saturated rings. The molecule has 0 atom stereocenters. The van der Waals surface area contributed by atoms with Crippen LogP contribution in [0.15, 0.2) is 42.5 Å². The van der Waals surface area contributed by atoms with Gasteiger partial charge in [-0.15, -0.1) is 0 Å². The SMILES string of the molecule is CN1Cc2ccc(-c3ccc(C(=O)N4CCN(C(=O)C5(O)CC5)CC4)cc3)cc2N1. The van der Waals surface area contributed by atoms with Crippen LogP contribution in [0, 0.1) is 0 Å². The van der Waals surface area contributed by atoms with E-state index in [2.05, 4.69) is 28.6 Å². The number of piperazine rings is 1. The predicted octanol–water partition coefficient (Wildman–Crippen LogP) is 1.94. The van der Waals surface area contributed by atoms with Gasteiger partial charge in [0.15, 0.2) is 0 Å². The van der Waals surface area contributed by atoms with Crippen molar-refractivity contribution in [2.45, 2.75) is 25.0 Å². The van der Waals surface area contributed by atoms with Gasteiger partial charge in [0.1, 0.15) is 5.60 Å². The molecule has 30 heavy (non-hydrogen) atoms.